The van der Waals surface area contributed by atoms with Gasteiger partial charge < -0.3 is 5.32 Å². The van der Waals surface area contributed by atoms with E-state index in [1.807, 2.05) is 6.07 Å². The van der Waals surface area contributed by atoms with Crippen molar-refractivity contribution in [1.82, 2.24) is 15.3 Å². The van der Waals surface area contributed by atoms with Crippen LogP contribution in [0.3, 0.4) is 0 Å². The molecule has 1 aromatic heterocycles. The molecule has 0 spiro atoms. The minimum absolute atomic E-state index is 0.240. The lowest BCUT2D eigenvalue weighted by molar-refractivity contribution is 0.397. The summed E-state index contributed by atoms with van der Waals surface area (Å²) in [5.41, 5.74) is 1.65. The summed E-state index contributed by atoms with van der Waals surface area (Å²) in [6.45, 7) is 1.03. The number of nitrogens with one attached hydrogen (secondary N) is 1. The van der Waals surface area contributed by atoms with E-state index in [1.54, 1.807) is 18.5 Å². The average Bonchev–Trinajstić information content (AvgIpc) is 2.48. The first kappa shape index (κ1) is 12.2. The fourth-order valence-corrected chi connectivity index (χ4v) is 2.41. The Morgan fingerprint density at radius 2 is 1.95 bits per heavy atom. The van der Waals surface area contributed by atoms with Crippen molar-refractivity contribution >= 4 is 0 Å². The van der Waals surface area contributed by atoms with E-state index in [2.05, 4.69) is 15.3 Å². The second kappa shape index (κ2) is 5.45. The van der Waals surface area contributed by atoms with E-state index >= 15 is 0 Å². The highest BCUT2D eigenvalue weighted by Crippen LogP contribution is 2.22. The van der Waals surface area contributed by atoms with Gasteiger partial charge in [0, 0.05) is 18.0 Å². The highest BCUT2D eigenvalue weighted by atomic mass is 19.1. The maximum atomic E-state index is 13.2. The van der Waals surface area contributed by atoms with Gasteiger partial charge in [0.2, 0.25) is 0 Å². The number of benzene rings is 1. The van der Waals surface area contributed by atoms with Gasteiger partial charge in [0.25, 0.3) is 0 Å². The van der Waals surface area contributed by atoms with Gasteiger partial charge in [-0.1, -0.05) is 18.6 Å². The first-order chi connectivity index (χ1) is 9.33. The smallest absolute Gasteiger partial charge is 0.145 e. The maximum absolute atomic E-state index is 13.2. The number of aromatic nitrogens is 2. The minimum Gasteiger partial charge on any atom is -0.307 e. The largest absolute Gasteiger partial charge is 0.307 e. The van der Waals surface area contributed by atoms with Crippen LogP contribution in [0, 0.1) is 5.82 Å². The Bertz CT molecular complexity index is 548. The highest BCUT2D eigenvalue weighted by molar-refractivity contribution is 5.61. The van der Waals surface area contributed by atoms with Crippen LogP contribution in [0.2, 0.25) is 0 Å². The molecule has 1 aromatic carbocycles. The molecule has 0 saturated carbocycles. The van der Waals surface area contributed by atoms with E-state index in [4.69, 9.17) is 0 Å². The summed E-state index contributed by atoms with van der Waals surface area (Å²) < 4.78 is 13.2. The number of hydrogen-bond donors (Lipinski definition) is 1. The van der Waals surface area contributed by atoms with Crippen molar-refractivity contribution in [3.63, 3.8) is 0 Å². The maximum Gasteiger partial charge on any atom is 0.145 e. The van der Waals surface area contributed by atoms with Gasteiger partial charge in [0.1, 0.15) is 11.6 Å². The Labute approximate surface area is 111 Å². The van der Waals surface area contributed by atoms with Crippen LogP contribution in [0.25, 0.3) is 11.1 Å². The van der Waals surface area contributed by atoms with E-state index in [0.29, 0.717) is 0 Å². The third-order valence-corrected chi connectivity index (χ3v) is 3.45. The zero-order chi connectivity index (χ0) is 13.1. The zero-order valence-electron chi connectivity index (χ0n) is 10.6. The van der Waals surface area contributed by atoms with Gasteiger partial charge in [0.05, 0.1) is 6.04 Å². The van der Waals surface area contributed by atoms with Crippen molar-refractivity contribution in [3.05, 3.63) is 48.3 Å². The molecule has 1 aliphatic rings. The van der Waals surface area contributed by atoms with Crippen LogP contribution in [0.5, 0.6) is 0 Å². The van der Waals surface area contributed by atoms with Crippen LogP contribution < -0.4 is 5.32 Å². The molecule has 2 heterocycles. The first-order valence-corrected chi connectivity index (χ1v) is 6.64. The van der Waals surface area contributed by atoms with E-state index in [9.17, 15) is 4.39 Å². The van der Waals surface area contributed by atoms with Crippen LogP contribution in [-0.2, 0) is 0 Å². The topological polar surface area (TPSA) is 37.8 Å². The fourth-order valence-electron chi connectivity index (χ4n) is 2.41. The van der Waals surface area contributed by atoms with Gasteiger partial charge in [-0.2, -0.15) is 0 Å². The molecular formula is C15H16FN3. The van der Waals surface area contributed by atoms with Crippen LogP contribution in [0.1, 0.15) is 31.1 Å². The predicted molar refractivity (Wildman–Crippen MR) is 72.0 cm³/mol. The van der Waals surface area contributed by atoms with Crippen molar-refractivity contribution in [1.29, 1.82) is 0 Å². The van der Waals surface area contributed by atoms with E-state index in [-0.39, 0.29) is 11.9 Å². The summed E-state index contributed by atoms with van der Waals surface area (Å²) in [5.74, 6) is 0.593. The van der Waals surface area contributed by atoms with Crippen LogP contribution >= 0.6 is 0 Å². The quantitative estimate of drug-likeness (QED) is 0.898. The average molecular weight is 257 g/mol. The Kier molecular flexibility index (Phi) is 3.51. The van der Waals surface area contributed by atoms with E-state index in [1.165, 1.54) is 25.0 Å². The molecule has 1 N–H and O–H groups in total. The molecule has 1 fully saturated rings. The molecule has 1 unspecified atom stereocenters. The van der Waals surface area contributed by atoms with Gasteiger partial charge in [-0.25, -0.2) is 14.4 Å². The fraction of sp³-hybridized carbons (Fsp3) is 0.333. The van der Waals surface area contributed by atoms with Gasteiger partial charge in [-0.3, -0.25) is 0 Å². The number of halogens is 1. The monoisotopic (exact) mass is 257 g/mol. The molecule has 1 atom stereocenters. The third kappa shape index (κ3) is 2.79. The second-order valence-electron chi connectivity index (χ2n) is 4.84. The third-order valence-electron chi connectivity index (χ3n) is 3.45. The molecule has 0 radical (unpaired) electrons. The van der Waals surface area contributed by atoms with E-state index in [0.717, 1.165) is 29.9 Å². The molecule has 0 bridgehead atoms. The van der Waals surface area contributed by atoms with Gasteiger partial charge in [-0.15, -0.1) is 0 Å². The number of piperidine rings is 1. The number of rotatable bonds is 2. The SMILES string of the molecule is Fc1cccc(-c2cnc(C3CCCCN3)nc2)c1. The Morgan fingerprint density at radius 3 is 2.63 bits per heavy atom. The lowest BCUT2D eigenvalue weighted by Crippen LogP contribution is -2.28. The summed E-state index contributed by atoms with van der Waals surface area (Å²) in [6, 6.07) is 6.75. The van der Waals surface area contributed by atoms with Crippen molar-refractivity contribution in [2.24, 2.45) is 0 Å². The van der Waals surface area contributed by atoms with Gasteiger partial charge in [0.15, 0.2) is 0 Å². The summed E-state index contributed by atoms with van der Waals surface area (Å²) in [5, 5.41) is 3.42. The molecule has 2 aromatic rings. The molecule has 3 rings (SSSR count). The lowest BCUT2D eigenvalue weighted by Gasteiger charge is -2.21. The van der Waals surface area contributed by atoms with Gasteiger partial charge >= 0.3 is 0 Å². The molecular weight excluding hydrogens is 241 g/mol. The van der Waals surface area contributed by atoms with Crippen molar-refractivity contribution in [2.45, 2.75) is 25.3 Å². The van der Waals surface area contributed by atoms with Crippen LogP contribution in [0.15, 0.2) is 36.7 Å². The minimum atomic E-state index is -0.240. The molecule has 1 saturated heterocycles. The zero-order valence-corrected chi connectivity index (χ0v) is 10.6. The van der Waals surface area contributed by atoms with Crippen LogP contribution in [0.4, 0.5) is 4.39 Å². The Morgan fingerprint density at radius 1 is 1.11 bits per heavy atom. The molecule has 0 amide bonds. The summed E-state index contributed by atoms with van der Waals surface area (Å²) in [4.78, 5) is 8.82. The molecule has 3 nitrogen and oxygen atoms in total. The molecule has 1 aliphatic heterocycles. The second-order valence-corrected chi connectivity index (χ2v) is 4.84. The standard InChI is InChI=1S/C15H16FN3/c16-13-5-3-4-11(8-13)12-9-18-15(19-10-12)14-6-1-2-7-17-14/h3-5,8-10,14,17H,1-2,6-7H2. The molecule has 98 valence electrons. The van der Waals surface area contributed by atoms with Crippen LogP contribution in [-0.4, -0.2) is 16.5 Å². The van der Waals surface area contributed by atoms with Crippen molar-refractivity contribution in [3.8, 4) is 11.1 Å². The number of nitrogens with zero attached hydrogens (tertiary/aromatic N) is 2. The highest BCUT2D eigenvalue weighted by Gasteiger charge is 2.16. The summed E-state index contributed by atoms with van der Waals surface area (Å²) in [6.07, 6.45) is 7.06. The van der Waals surface area contributed by atoms with Crippen molar-refractivity contribution < 1.29 is 4.39 Å². The van der Waals surface area contributed by atoms with Gasteiger partial charge in [-0.05, 0) is 37.1 Å². The molecule has 0 aliphatic carbocycles. The molecule has 19 heavy (non-hydrogen) atoms. The Hall–Kier alpha value is -1.81. The first-order valence-electron chi connectivity index (χ1n) is 6.64. The summed E-state index contributed by atoms with van der Waals surface area (Å²) in [7, 11) is 0. The van der Waals surface area contributed by atoms with Crippen molar-refractivity contribution in [2.75, 3.05) is 6.54 Å². The lowest BCUT2D eigenvalue weighted by atomic mass is 10.0. The molecule has 4 heteroatoms. The van der Waals surface area contributed by atoms with E-state index < -0.39 is 0 Å². The number of hydrogen-bond acceptors (Lipinski definition) is 3. The summed E-state index contributed by atoms with van der Waals surface area (Å²) >= 11 is 0. The normalized spacial score (nSPS) is 19.3. The predicted octanol–water partition coefficient (Wildman–Crippen LogP) is 3.10. The Balaban J connectivity index is 1.82.